The van der Waals surface area contributed by atoms with Crippen molar-refractivity contribution in [2.45, 2.75) is 13.1 Å². The maximum atomic E-state index is 12.3. The van der Waals surface area contributed by atoms with Gasteiger partial charge in [-0.1, -0.05) is 15.9 Å². The molecule has 0 saturated heterocycles. The zero-order valence-electron chi connectivity index (χ0n) is 8.88. The maximum Gasteiger partial charge on any atom is 0.407 e. The van der Waals surface area contributed by atoms with E-state index in [4.69, 9.17) is 10.00 Å². The van der Waals surface area contributed by atoms with Gasteiger partial charge in [0.15, 0.2) is 5.92 Å². The largest absolute Gasteiger partial charge is 0.492 e. The molecule has 92 valence electrons. The Kier molecular flexibility index (Phi) is 4.40. The minimum atomic E-state index is -4.56. The second-order valence-electron chi connectivity index (χ2n) is 3.44. The molecule has 0 amide bonds. The molecule has 0 fully saturated rings. The normalized spacial score (nSPS) is 12.9. The number of hydrogen-bond acceptors (Lipinski definition) is 2. The third kappa shape index (κ3) is 3.93. The fraction of sp³-hybridized carbons (Fsp3) is 0.364. The number of hydrogen-bond donors (Lipinski definition) is 0. The van der Waals surface area contributed by atoms with Gasteiger partial charge < -0.3 is 4.74 Å². The van der Waals surface area contributed by atoms with E-state index in [2.05, 4.69) is 15.9 Å². The van der Waals surface area contributed by atoms with Crippen LogP contribution >= 0.6 is 15.9 Å². The fourth-order valence-corrected chi connectivity index (χ4v) is 1.63. The molecule has 0 spiro atoms. The summed E-state index contributed by atoms with van der Waals surface area (Å²) in [5.41, 5.74) is 0.707. The average Bonchev–Trinajstić information content (AvgIpc) is 2.19. The molecule has 1 atom stereocenters. The molecular formula is C11H9BrF3NO. The molecular weight excluding hydrogens is 299 g/mol. The number of halogens is 4. The van der Waals surface area contributed by atoms with Crippen molar-refractivity contribution in [1.29, 1.82) is 5.26 Å². The third-order valence-electron chi connectivity index (χ3n) is 2.09. The topological polar surface area (TPSA) is 33.0 Å². The second kappa shape index (κ2) is 5.41. The summed E-state index contributed by atoms with van der Waals surface area (Å²) in [5.74, 6) is -1.76. The quantitative estimate of drug-likeness (QED) is 0.850. The first-order valence-corrected chi connectivity index (χ1v) is 5.49. The minimum Gasteiger partial charge on any atom is -0.492 e. The van der Waals surface area contributed by atoms with E-state index in [1.54, 1.807) is 25.1 Å². The molecule has 6 heteroatoms. The van der Waals surface area contributed by atoms with E-state index in [1.807, 2.05) is 0 Å². The molecule has 2 nitrogen and oxygen atoms in total. The van der Waals surface area contributed by atoms with Crippen LogP contribution in [-0.4, -0.2) is 12.8 Å². The molecule has 0 aliphatic carbocycles. The summed E-state index contributed by atoms with van der Waals surface area (Å²) in [5, 5.41) is 8.40. The number of nitrogens with zero attached hydrogens (tertiary/aromatic N) is 1. The number of nitriles is 1. The number of aryl methyl sites for hydroxylation is 1. The number of benzene rings is 1. The Morgan fingerprint density at radius 3 is 2.59 bits per heavy atom. The summed E-state index contributed by atoms with van der Waals surface area (Å²) < 4.78 is 42.7. The highest BCUT2D eigenvalue weighted by atomic mass is 79.9. The van der Waals surface area contributed by atoms with Crippen molar-refractivity contribution in [2.24, 2.45) is 5.92 Å². The lowest BCUT2D eigenvalue weighted by molar-refractivity contribution is -0.165. The first kappa shape index (κ1) is 13.8. The highest BCUT2D eigenvalue weighted by molar-refractivity contribution is 9.10. The minimum absolute atomic E-state index is 0.345. The van der Waals surface area contributed by atoms with Crippen LogP contribution in [0.15, 0.2) is 22.7 Å². The van der Waals surface area contributed by atoms with Gasteiger partial charge in [-0.15, -0.1) is 0 Å². The zero-order chi connectivity index (χ0) is 13.1. The number of alkyl halides is 3. The lowest BCUT2D eigenvalue weighted by Gasteiger charge is -2.15. The molecule has 0 heterocycles. The van der Waals surface area contributed by atoms with Gasteiger partial charge in [-0.3, -0.25) is 0 Å². The summed E-state index contributed by atoms with van der Waals surface area (Å²) in [6.07, 6.45) is -4.56. The van der Waals surface area contributed by atoms with Gasteiger partial charge in [-0.2, -0.15) is 18.4 Å². The van der Waals surface area contributed by atoms with Gasteiger partial charge in [-0.25, -0.2) is 0 Å². The van der Waals surface area contributed by atoms with Crippen molar-refractivity contribution in [3.05, 3.63) is 28.2 Å². The molecule has 1 rings (SSSR count). The van der Waals surface area contributed by atoms with Crippen molar-refractivity contribution in [3.8, 4) is 11.8 Å². The van der Waals surface area contributed by atoms with Crippen LogP contribution in [-0.2, 0) is 0 Å². The fourth-order valence-electron chi connectivity index (χ4n) is 1.15. The first-order chi connectivity index (χ1) is 7.84. The Morgan fingerprint density at radius 2 is 2.12 bits per heavy atom. The van der Waals surface area contributed by atoms with Gasteiger partial charge in [0.2, 0.25) is 0 Å². The van der Waals surface area contributed by atoms with Gasteiger partial charge in [0, 0.05) is 4.47 Å². The number of ether oxygens (including phenoxy) is 1. The summed E-state index contributed by atoms with van der Waals surface area (Å²) in [6, 6.07) is 6.13. The molecule has 0 radical (unpaired) electrons. The van der Waals surface area contributed by atoms with Gasteiger partial charge in [0.1, 0.15) is 12.4 Å². The molecule has 0 saturated carbocycles. The monoisotopic (exact) mass is 307 g/mol. The van der Waals surface area contributed by atoms with E-state index in [0.29, 0.717) is 11.3 Å². The van der Waals surface area contributed by atoms with Crippen LogP contribution in [0.3, 0.4) is 0 Å². The van der Waals surface area contributed by atoms with Crippen molar-refractivity contribution in [2.75, 3.05) is 6.61 Å². The third-order valence-corrected chi connectivity index (χ3v) is 2.59. The van der Waals surface area contributed by atoms with Crippen molar-refractivity contribution in [3.63, 3.8) is 0 Å². The molecule has 1 aromatic carbocycles. The molecule has 0 bridgehead atoms. The predicted molar refractivity (Wildman–Crippen MR) is 59.5 cm³/mol. The van der Waals surface area contributed by atoms with E-state index in [1.165, 1.54) is 6.07 Å². The Morgan fingerprint density at radius 1 is 1.47 bits per heavy atom. The maximum absolute atomic E-state index is 12.3. The number of rotatable bonds is 3. The molecule has 17 heavy (non-hydrogen) atoms. The van der Waals surface area contributed by atoms with Crippen molar-refractivity contribution >= 4 is 15.9 Å². The molecule has 1 unspecified atom stereocenters. The van der Waals surface area contributed by atoms with Crippen LogP contribution in [0.5, 0.6) is 5.75 Å². The lowest BCUT2D eigenvalue weighted by atomic mass is 10.2. The molecule has 0 aliphatic heterocycles. The van der Waals surface area contributed by atoms with Crippen LogP contribution in [0.25, 0.3) is 0 Å². The lowest BCUT2D eigenvalue weighted by Crippen LogP contribution is -2.27. The van der Waals surface area contributed by atoms with E-state index in [-0.39, 0.29) is 0 Å². The summed E-state index contributed by atoms with van der Waals surface area (Å²) >= 11 is 3.23. The van der Waals surface area contributed by atoms with Gasteiger partial charge in [0.05, 0.1) is 6.07 Å². The molecule has 1 aromatic rings. The summed E-state index contributed by atoms with van der Waals surface area (Å²) in [7, 11) is 0. The Bertz CT molecular complexity index is 439. The van der Waals surface area contributed by atoms with Crippen molar-refractivity contribution < 1.29 is 17.9 Å². The van der Waals surface area contributed by atoms with E-state index < -0.39 is 18.7 Å². The van der Waals surface area contributed by atoms with Gasteiger partial charge >= 0.3 is 6.18 Å². The zero-order valence-corrected chi connectivity index (χ0v) is 10.5. The molecule has 0 aromatic heterocycles. The predicted octanol–water partition coefficient (Wildman–Crippen LogP) is 3.84. The first-order valence-electron chi connectivity index (χ1n) is 4.70. The average molecular weight is 308 g/mol. The van der Waals surface area contributed by atoms with E-state index in [9.17, 15) is 13.2 Å². The summed E-state index contributed by atoms with van der Waals surface area (Å²) in [4.78, 5) is 0. The Hall–Kier alpha value is -1.22. The van der Waals surface area contributed by atoms with E-state index in [0.717, 1.165) is 4.47 Å². The van der Waals surface area contributed by atoms with Gasteiger partial charge in [-0.05, 0) is 30.7 Å². The SMILES string of the molecule is Cc1cc(Br)ccc1OCC(C#N)C(F)(F)F. The van der Waals surface area contributed by atoms with Crippen LogP contribution in [0.2, 0.25) is 0 Å². The Labute approximate surface area is 105 Å². The summed E-state index contributed by atoms with van der Waals surface area (Å²) in [6.45, 7) is 1.03. The van der Waals surface area contributed by atoms with E-state index >= 15 is 0 Å². The Balaban J connectivity index is 2.71. The van der Waals surface area contributed by atoms with Gasteiger partial charge in [0.25, 0.3) is 0 Å². The molecule has 0 aliphatic rings. The second-order valence-corrected chi connectivity index (χ2v) is 4.36. The van der Waals surface area contributed by atoms with Crippen LogP contribution in [0.4, 0.5) is 13.2 Å². The highest BCUT2D eigenvalue weighted by Gasteiger charge is 2.40. The smallest absolute Gasteiger partial charge is 0.407 e. The molecule has 0 N–H and O–H groups in total. The van der Waals surface area contributed by atoms with Crippen molar-refractivity contribution in [1.82, 2.24) is 0 Å². The van der Waals surface area contributed by atoms with Crippen LogP contribution in [0, 0.1) is 24.2 Å². The van der Waals surface area contributed by atoms with Crippen LogP contribution < -0.4 is 4.74 Å². The highest BCUT2D eigenvalue weighted by Crippen LogP contribution is 2.28. The van der Waals surface area contributed by atoms with Crippen LogP contribution in [0.1, 0.15) is 5.56 Å². The standard InChI is InChI=1S/C11H9BrF3NO/c1-7-4-9(12)2-3-10(7)17-6-8(5-16)11(13,14)15/h2-4,8H,6H2,1H3.